The molecule has 0 aliphatic rings. The van der Waals surface area contributed by atoms with Gasteiger partial charge in [0.15, 0.2) is 0 Å². The Hall–Kier alpha value is -0.310. The Balaban J connectivity index is 4.18. The molecule has 0 amide bonds. The summed E-state index contributed by atoms with van der Waals surface area (Å²) >= 11 is 3.44. The van der Waals surface area contributed by atoms with Gasteiger partial charge in [-0.1, -0.05) is 35.5 Å². The van der Waals surface area contributed by atoms with Gasteiger partial charge in [0.05, 0.1) is 6.34 Å². The SMILES string of the molecule is C=CC(C)(Br)N=CN(C)C(C)CC. The summed E-state index contributed by atoms with van der Waals surface area (Å²) < 4.78 is -0.339. The van der Waals surface area contributed by atoms with Gasteiger partial charge in [-0.05, 0) is 20.3 Å². The van der Waals surface area contributed by atoms with E-state index in [0.717, 1.165) is 6.42 Å². The fourth-order valence-electron chi connectivity index (χ4n) is 0.658. The van der Waals surface area contributed by atoms with Crippen molar-refractivity contribution in [1.82, 2.24) is 4.90 Å². The summed E-state index contributed by atoms with van der Waals surface area (Å²) in [5, 5.41) is 0. The Labute approximate surface area is 89.9 Å². The molecule has 0 rings (SSSR count). The summed E-state index contributed by atoms with van der Waals surface area (Å²) in [5.74, 6) is 0. The highest BCUT2D eigenvalue weighted by atomic mass is 79.9. The average molecular weight is 247 g/mol. The summed E-state index contributed by atoms with van der Waals surface area (Å²) in [5.41, 5.74) is 0. The lowest BCUT2D eigenvalue weighted by Crippen LogP contribution is -2.28. The molecule has 0 bridgehead atoms. The molecule has 0 radical (unpaired) electrons. The third-order valence-electron chi connectivity index (χ3n) is 2.15. The Morgan fingerprint density at radius 1 is 1.69 bits per heavy atom. The van der Waals surface area contributed by atoms with Crippen molar-refractivity contribution in [2.24, 2.45) is 4.99 Å². The number of alkyl halides is 1. The largest absolute Gasteiger partial charge is 0.363 e. The molecule has 3 heteroatoms. The second-order valence-corrected chi connectivity index (χ2v) is 5.00. The minimum Gasteiger partial charge on any atom is -0.363 e. The van der Waals surface area contributed by atoms with Crippen molar-refractivity contribution in [2.45, 2.75) is 37.7 Å². The molecule has 0 N–H and O–H groups in total. The van der Waals surface area contributed by atoms with Gasteiger partial charge in [-0.2, -0.15) is 0 Å². The van der Waals surface area contributed by atoms with Crippen LogP contribution in [0.4, 0.5) is 0 Å². The number of aliphatic imine (C=N–C) groups is 1. The van der Waals surface area contributed by atoms with Gasteiger partial charge in [0.2, 0.25) is 0 Å². The van der Waals surface area contributed by atoms with E-state index in [9.17, 15) is 0 Å². The molecule has 0 saturated carbocycles. The van der Waals surface area contributed by atoms with Gasteiger partial charge in [-0.3, -0.25) is 4.99 Å². The van der Waals surface area contributed by atoms with Crippen LogP contribution in [0.25, 0.3) is 0 Å². The first-order valence-corrected chi connectivity index (χ1v) is 5.32. The van der Waals surface area contributed by atoms with E-state index in [1.807, 2.05) is 20.3 Å². The molecule has 76 valence electrons. The van der Waals surface area contributed by atoms with E-state index in [1.165, 1.54) is 0 Å². The van der Waals surface area contributed by atoms with Crippen LogP contribution in [0.2, 0.25) is 0 Å². The molecule has 2 unspecified atom stereocenters. The lowest BCUT2D eigenvalue weighted by Gasteiger charge is -2.22. The molecule has 0 aromatic heterocycles. The number of hydrogen-bond acceptors (Lipinski definition) is 1. The summed E-state index contributed by atoms with van der Waals surface area (Å²) in [6.45, 7) is 9.99. The van der Waals surface area contributed by atoms with Crippen molar-refractivity contribution in [3.63, 3.8) is 0 Å². The van der Waals surface area contributed by atoms with Crippen molar-refractivity contribution < 1.29 is 0 Å². The standard InChI is InChI=1S/C10H19BrN2/c1-6-9(3)13(5)8-12-10(4,11)7-2/h7-9H,2,6H2,1,3-5H3. The van der Waals surface area contributed by atoms with Crippen LogP contribution in [0, 0.1) is 0 Å². The van der Waals surface area contributed by atoms with E-state index in [1.54, 1.807) is 6.08 Å². The molecule has 0 aliphatic carbocycles. The Kier molecular flexibility index (Phi) is 5.30. The smallest absolute Gasteiger partial charge is 0.132 e. The lowest BCUT2D eigenvalue weighted by molar-refractivity contribution is 0.389. The van der Waals surface area contributed by atoms with Crippen LogP contribution in [-0.4, -0.2) is 28.8 Å². The number of rotatable bonds is 5. The van der Waals surface area contributed by atoms with Crippen LogP contribution >= 0.6 is 15.9 Å². The van der Waals surface area contributed by atoms with Crippen molar-refractivity contribution in [1.29, 1.82) is 0 Å². The van der Waals surface area contributed by atoms with Crippen LogP contribution in [-0.2, 0) is 0 Å². The minimum atomic E-state index is -0.339. The van der Waals surface area contributed by atoms with Gasteiger partial charge in [0.25, 0.3) is 0 Å². The molecule has 0 spiro atoms. The maximum atomic E-state index is 4.34. The topological polar surface area (TPSA) is 15.6 Å². The maximum absolute atomic E-state index is 4.34. The minimum absolute atomic E-state index is 0.339. The molecule has 0 aliphatic heterocycles. The Bertz CT molecular complexity index is 187. The molecule has 2 nitrogen and oxygen atoms in total. The van der Waals surface area contributed by atoms with E-state index < -0.39 is 0 Å². The first-order chi connectivity index (χ1) is 5.93. The molecule has 0 heterocycles. The lowest BCUT2D eigenvalue weighted by atomic mass is 10.2. The molecule has 13 heavy (non-hydrogen) atoms. The summed E-state index contributed by atoms with van der Waals surface area (Å²) in [4.78, 5) is 6.44. The second-order valence-electron chi connectivity index (χ2n) is 3.40. The highest BCUT2D eigenvalue weighted by Crippen LogP contribution is 2.19. The first kappa shape index (κ1) is 12.7. The second kappa shape index (κ2) is 5.43. The molecule has 0 aromatic carbocycles. The molecule has 0 fully saturated rings. The van der Waals surface area contributed by atoms with E-state index in [0.29, 0.717) is 6.04 Å². The zero-order valence-corrected chi connectivity index (χ0v) is 10.5. The Morgan fingerprint density at radius 3 is 2.62 bits per heavy atom. The van der Waals surface area contributed by atoms with E-state index >= 15 is 0 Å². The third-order valence-corrected chi connectivity index (χ3v) is 2.68. The third kappa shape index (κ3) is 5.09. The van der Waals surface area contributed by atoms with E-state index in [2.05, 4.69) is 46.2 Å². The van der Waals surface area contributed by atoms with E-state index in [-0.39, 0.29) is 4.45 Å². The van der Waals surface area contributed by atoms with Crippen LogP contribution in [0.3, 0.4) is 0 Å². The molecular formula is C10H19BrN2. The number of hydrogen-bond donors (Lipinski definition) is 0. The van der Waals surface area contributed by atoms with Crippen LogP contribution < -0.4 is 0 Å². The fraction of sp³-hybridized carbons (Fsp3) is 0.700. The molecular weight excluding hydrogens is 228 g/mol. The number of nitrogens with zero attached hydrogens (tertiary/aromatic N) is 2. The number of halogens is 1. The van der Waals surface area contributed by atoms with Crippen molar-refractivity contribution in [2.75, 3.05) is 7.05 Å². The molecule has 0 aromatic rings. The normalized spacial score (nSPS) is 18.2. The summed E-state index contributed by atoms with van der Waals surface area (Å²) in [7, 11) is 2.03. The maximum Gasteiger partial charge on any atom is 0.132 e. The zero-order valence-electron chi connectivity index (χ0n) is 8.92. The van der Waals surface area contributed by atoms with Gasteiger partial charge >= 0.3 is 0 Å². The summed E-state index contributed by atoms with van der Waals surface area (Å²) in [6, 6.07) is 0.525. The molecule has 2 atom stereocenters. The predicted molar refractivity (Wildman–Crippen MR) is 63.5 cm³/mol. The summed E-state index contributed by atoms with van der Waals surface area (Å²) in [6.07, 6.45) is 4.74. The van der Waals surface area contributed by atoms with Gasteiger partial charge < -0.3 is 4.90 Å². The van der Waals surface area contributed by atoms with Crippen molar-refractivity contribution >= 4 is 22.3 Å². The first-order valence-electron chi connectivity index (χ1n) is 4.52. The van der Waals surface area contributed by atoms with Gasteiger partial charge in [0, 0.05) is 13.1 Å². The fourth-order valence-corrected chi connectivity index (χ4v) is 0.750. The average Bonchev–Trinajstić information content (AvgIpc) is 2.13. The monoisotopic (exact) mass is 246 g/mol. The Morgan fingerprint density at radius 2 is 2.23 bits per heavy atom. The van der Waals surface area contributed by atoms with E-state index in [4.69, 9.17) is 0 Å². The zero-order chi connectivity index (χ0) is 10.5. The van der Waals surface area contributed by atoms with Gasteiger partial charge in [0.1, 0.15) is 4.45 Å². The van der Waals surface area contributed by atoms with Gasteiger partial charge in [-0.15, -0.1) is 0 Å². The van der Waals surface area contributed by atoms with Crippen molar-refractivity contribution in [3.05, 3.63) is 12.7 Å². The van der Waals surface area contributed by atoms with Crippen LogP contribution in [0.15, 0.2) is 17.6 Å². The van der Waals surface area contributed by atoms with Gasteiger partial charge in [-0.25, -0.2) is 0 Å². The highest BCUT2D eigenvalue weighted by molar-refractivity contribution is 9.10. The van der Waals surface area contributed by atoms with Crippen LogP contribution in [0.1, 0.15) is 27.2 Å². The quantitative estimate of drug-likeness (QED) is 0.240. The van der Waals surface area contributed by atoms with Crippen LogP contribution in [0.5, 0.6) is 0 Å². The predicted octanol–water partition coefficient (Wildman–Crippen LogP) is 3.04. The highest BCUT2D eigenvalue weighted by Gasteiger charge is 2.12. The molecule has 0 saturated heterocycles. The van der Waals surface area contributed by atoms with Crippen molar-refractivity contribution in [3.8, 4) is 0 Å².